The van der Waals surface area contributed by atoms with Gasteiger partial charge in [0, 0.05) is 5.56 Å². The van der Waals surface area contributed by atoms with Crippen molar-refractivity contribution in [3.63, 3.8) is 0 Å². The summed E-state index contributed by atoms with van der Waals surface area (Å²) >= 11 is 0. The monoisotopic (exact) mass is 442 g/mol. The van der Waals surface area contributed by atoms with Crippen LogP contribution in [0.2, 0.25) is 0 Å². The van der Waals surface area contributed by atoms with Crippen molar-refractivity contribution in [1.82, 2.24) is 19.5 Å². The molecule has 8 nitrogen and oxygen atoms in total. The molecular formula is C21H17F3N6O2. The third-order valence-electron chi connectivity index (χ3n) is 4.65. The molecule has 0 atom stereocenters. The Hall–Kier alpha value is -4.15. The van der Waals surface area contributed by atoms with Crippen molar-refractivity contribution in [3.05, 3.63) is 54.1 Å². The van der Waals surface area contributed by atoms with Crippen molar-refractivity contribution < 1.29 is 22.7 Å². The molecule has 0 bridgehead atoms. The van der Waals surface area contributed by atoms with Gasteiger partial charge in [-0.3, -0.25) is 9.36 Å². The molecular weight excluding hydrogens is 425 g/mol. The van der Waals surface area contributed by atoms with E-state index in [1.54, 1.807) is 24.3 Å². The average molecular weight is 442 g/mol. The fourth-order valence-corrected chi connectivity index (χ4v) is 3.18. The summed E-state index contributed by atoms with van der Waals surface area (Å²) in [6.45, 7) is 1.92. The lowest BCUT2D eigenvalue weighted by Gasteiger charge is -2.17. The second-order valence-electron chi connectivity index (χ2n) is 6.87. The molecule has 0 aliphatic heterocycles. The number of carbonyl (C=O) groups excluding carboxylic acids is 1. The van der Waals surface area contributed by atoms with Crippen LogP contribution < -0.4 is 15.8 Å². The van der Waals surface area contributed by atoms with E-state index in [0.29, 0.717) is 22.4 Å². The fraction of sp³-hybridized carbons (Fsp3) is 0.143. The molecule has 2 aromatic heterocycles. The number of para-hydroxylation sites is 2. The van der Waals surface area contributed by atoms with E-state index < -0.39 is 12.1 Å². The first-order chi connectivity index (χ1) is 15.2. The summed E-state index contributed by atoms with van der Waals surface area (Å²) in [4.78, 5) is 24.4. The van der Waals surface area contributed by atoms with Crippen molar-refractivity contribution in [2.24, 2.45) is 0 Å². The number of rotatable bonds is 4. The van der Waals surface area contributed by atoms with Gasteiger partial charge in [0.1, 0.15) is 11.5 Å². The number of nitrogens with one attached hydrogen (secondary N) is 1. The number of amides is 1. The number of carbonyl (C=O) groups is 1. The number of nitrogens with two attached hydrogens (primary N) is 1. The van der Waals surface area contributed by atoms with E-state index in [9.17, 15) is 18.0 Å². The molecule has 3 N–H and O–H groups in total. The van der Waals surface area contributed by atoms with Gasteiger partial charge in [0.15, 0.2) is 5.82 Å². The number of halogens is 3. The van der Waals surface area contributed by atoms with E-state index in [2.05, 4.69) is 15.0 Å². The number of nitrogen functional groups attached to an aromatic ring is 1. The maximum Gasteiger partial charge on any atom is 0.471 e. The maximum atomic E-state index is 13.0. The minimum atomic E-state index is -5.14. The van der Waals surface area contributed by atoms with Crippen LogP contribution in [0, 0.1) is 6.92 Å². The molecule has 32 heavy (non-hydrogen) atoms. The van der Waals surface area contributed by atoms with Gasteiger partial charge in [-0.05, 0) is 19.1 Å². The normalized spacial score (nSPS) is 11.5. The number of methoxy groups -OCH3 is 1. The zero-order valence-electron chi connectivity index (χ0n) is 16.9. The zero-order chi connectivity index (χ0) is 23.0. The first-order valence-corrected chi connectivity index (χ1v) is 9.33. The summed E-state index contributed by atoms with van der Waals surface area (Å²) < 4.78 is 45.7. The van der Waals surface area contributed by atoms with E-state index in [1.165, 1.54) is 11.7 Å². The Morgan fingerprint density at radius 1 is 1.06 bits per heavy atom. The predicted molar refractivity (Wildman–Crippen MR) is 112 cm³/mol. The van der Waals surface area contributed by atoms with E-state index in [0.717, 1.165) is 5.56 Å². The van der Waals surface area contributed by atoms with Crippen LogP contribution in [0.3, 0.4) is 0 Å². The molecule has 0 spiro atoms. The number of aryl methyl sites for hydroxylation is 1. The molecule has 2 heterocycles. The minimum absolute atomic E-state index is 0.115. The van der Waals surface area contributed by atoms with Crippen molar-refractivity contribution in [1.29, 1.82) is 0 Å². The van der Waals surface area contributed by atoms with Gasteiger partial charge in [0.05, 0.1) is 18.1 Å². The van der Waals surface area contributed by atoms with Crippen molar-refractivity contribution >= 4 is 28.6 Å². The summed E-state index contributed by atoms with van der Waals surface area (Å²) in [5, 5.41) is 1.82. The van der Waals surface area contributed by atoms with Crippen LogP contribution in [-0.2, 0) is 4.79 Å². The highest BCUT2D eigenvalue weighted by Gasteiger charge is 2.40. The summed E-state index contributed by atoms with van der Waals surface area (Å²) in [6, 6.07) is 14.4. The minimum Gasteiger partial charge on any atom is -0.479 e. The van der Waals surface area contributed by atoms with Gasteiger partial charge in [-0.25, -0.2) is 4.98 Å². The summed E-state index contributed by atoms with van der Waals surface area (Å²) in [6.07, 6.45) is -5.14. The Labute approximate surface area is 179 Å². The standard InChI is InChI=1S/C21H17F3N6O2/c1-11-7-9-12(10-8-11)16-26-13-5-3-4-6-14(13)30(16)17-15(27-19(31)21(22,23)24)18(32-2)29-20(25)28-17/h3-10H,1-2H3,(H,27,31)(H2,25,28,29). The number of anilines is 2. The lowest BCUT2D eigenvalue weighted by atomic mass is 10.1. The van der Waals surface area contributed by atoms with Crippen LogP contribution in [0.15, 0.2) is 48.5 Å². The van der Waals surface area contributed by atoms with E-state index in [1.807, 2.05) is 36.5 Å². The highest BCUT2D eigenvalue weighted by molar-refractivity contribution is 5.98. The summed E-state index contributed by atoms with van der Waals surface area (Å²) in [5.74, 6) is -2.51. The molecule has 0 aliphatic rings. The molecule has 0 saturated heterocycles. The lowest BCUT2D eigenvalue weighted by Crippen LogP contribution is -2.31. The van der Waals surface area contributed by atoms with Gasteiger partial charge in [-0.15, -0.1) is 0 Å². The number of nitrogens with zero attached hydrogens (tertiary/aromatic N) is 4. The van der Waals surface area contributed by atoms with E-state index >= 15 is 0 Å². The topological polar surface area (TPSA) is 108 Å². The Morgan fingerprint density at radius 2 is 1.75 bits per heavy atom. The number of imidazole rings is 1. The van der Waals surface area contributed by atoms with E-state index in [4.69, 9.17) is 10.5 Å². The van der Waals surface area contributed by atoms with Crippen LogP contribution in [0.1, 0.15) is 5.56 Å². The number of alkyl halides is 3. The molecule has 2 aromatic carbocycles. The number of benzene rings is 2. The number of aromatic nitrogens is 4. The maximum absolute atomic E-state index is 13.0. The highest BCUT2D eigenvalue weighted by Crippen LogP contribution is 2.36. The lowest BCUT2D eigenvalue weighted by molar-refractivity contribution is -0.167. The Kier molecular flexibility index (Phi) is 5.17. The summed E-state index contributed by atoms with van der Waals surface area (Å²) in [5.41, 5.74) is 8.21. The molecule has 11 heteroatoms. The Morgan fingerprint density at radius 3 is 2.41 bits per heavy atom. The third kappa shape index (κ3) is 3.80. The molecule has 0 fully saturated rings. The number of fused-ring (bicyclic) bond motifs is 1. The van der Waals surface area contributed by atoms with Gasteiger partial charge in [0.25, 0.3) is 0 Å². The van der Waals surface area contributed by atoms with Gasteiger partial charge < -0.3 is 15.8 Å². The second-order valence-corrected chi connectivity index (χ2v) is 6.87. The largest absolute Gasteiger partial charge is 0.479 e. The molecule has 0 radical (unpaired) electrons. The first-order valence-electron chi connectivity index (χ1n) is 9.33. The smallest absolute Gasteiger partial charge is 0.471 e. The van der Waals surface area contributed by atoms with Crippen molar-refractivity contribution in [3.8, 4) is 23.1 Å². The molecule has 1 amide bonds. The third-order valence-corrected chi connectivity index (χ3v) is 4.65. The average Bonchev–Trinajstić information content (AvgIpc) is 3.13. The highest BCUT2D eigenvalue weighted by atomic mass is 19.4. The van der Waals surface area contributed by atoms with Crippen molar-refractivity contribution in [2.75, 3.05) is 18.2 Å². The van der Waals surface area contributed by atoms with Gasteiger partial charge in [0.2, 0.25) is 11.8 Å². The predicted octanol–water partition coefficient (Wildman–Crippen LogP) is 3.88. The van der Waals surface area contributed by atoms with Crippen LogP contribution >= 0.6 is 0 Å². The molecule has 0 saturated carbocycles. The first kappa shape index (κ1) is 21.1. The van der Waals surface area contributed by atoms with Crippen LogP contribution in [-0.4, -0.2) is 38.7 Å². The van der Waals surface area contributed by atoms with Crippen LogP contribution in [0.5, 0.6) is 5.88 Å². The SMILES string of the molecule is COc1nc(N)nc(-n2c(-c3ccc(C)cc3)nc3ccccc32)c1NC(=O)C(F)(F)F. The van der Waals surface area contributed by atoms with Gasteiger partial charge in [-0.2, -0.15) is 23.1 Å². The Balaban J connectivity index is 2.04. The van der Waals surface area contributed by atoms with Crippen LogP contribution in [0.25, 0.3) is 28.2 Å². The number of hydrogen-bond donors (Lipinski definition) is 2. The molecule has 0 aliphatic carbocycles. The Bertz CT molecular complexity index is 1320. The summed E-state index contributed by atoms with van der Waals surface area (Å²) in [7, 11) is 1.20. The second kappa shape index (κ2) is 7.84. The van der Waals surface area contributed by atoms with Gasteiger partial charge >= 0.3 is 12.1 Å². The molecule has 0 unspecified atom stereocenters. The zero-order valence-corrected chi connectivity index (χ0v) is 16.9. The molecule has 4 rings (SSSR count). The van der Waals surface area contributed by atoms with Gasteiger partial charge in [-0.1, -0.05) is 42.0 Å². The quantitative estimate of drug-likeness (QED) is 0.497. The molecule has 164 valence electrons. The fourth-order valence-electron chi connectivity index (χ4n) is 3.18. The number of ether oxygens (including phenoxy) is 1. The number of hydrogen-bond acceptors (Lipinski definition) is 6. The van der Waals surface area contributed by atoms with Crippen LogP contribution in [0.4, 0.5) is 24.8 Å². The van der Waals surface area contributed by atoms with Crippen molar-refractivity contribution in [2.45, 2.75) is 13.1 Å². The van der Waals surface area contributed by atoms with E-state index in [-0.39, 0.29) is 23.3 Å². The molecule has 4 aromatic rings.